The summed E-state index contributed by atoms with van der Waals surface area (Å²) < 4.78 is 33.8. The van der Waals surface area contributed by atoms with Crippen LogP contribution in [0.2, 0.25) is 0 Å². The van der Waals surface area contributed by atoms with Gasteiger partial charge in [0.2, 0.25) is 5.91 Å². The quantitative estimate of drug-likeness (QED) is 0.379. The number of sulfonamides is 1. The van der Waals surface area contributed by atoms with Crippen molar-refractivity contribution in [2.75, 3.05) is 17.4 Å². The van der Waals surface area contributed by atoms with E-state index in [0.29, 0.717) is 12.2 Å². The third-order valence-electron chi connectivity index (χ3n) is 5.50. The van der Waals surface area contributed by atoms with Gasteiger partial charge in [-0.1, -0.05) is 48.0 Å². The molecule has 0 aliphatic carbocycles. The van der Waals surface area contributed by atoms with Crippen LogP contribution >= 0.6 is 0 Å². The molecule has 0 radical (unpaired) electrons. The highest BCUT2D eigenvalue weighted by molar-refractivity contribution is 7.92. The van der Waals surface area contributed by atoms with Gasteiger partial charge in [0.1, 0.15) is 12.3 Å². The molecule has 6 nitrogen and oxygen atoms in total. The van der Waals surface area contributed by atoms with E-state index in [2.05, 4.69) is 5.32 Å². The average Bonchev–Trinajstić information content (AvgIpc) is 2.82. The molecule has 3 aromatic rings. The van der Waals surface area contributed by atoms with Crippen molar-refractivity contribution in [3.05, 3.63) is 89.5 Å². The number of rotatable bonds is 11. The first-order valence-corrected chi connectivity index (χ1v) is 13.3. The lowest BCUT2D eigenvalue weighted by molar-refractivity contribution is -0.119. The molecule has 7 heteroatoms. The molecule has 0 aromatic heterocycles. The minimum absolute atomic E-state index is 0.130. The second-order valence-electron chi connectivity index (χ2n) is 8.88. The smallest absolute Gasteiger partial charge is 0.264 e. The summed E-state index contributed by atoms with van der Waals surface area (Å²) in [5.41, 5.74) is 3.47. The fourth-order valence-electron chi connectivity index (χ4n) is 3.82. The van der Waals surface area contributed by atoms with Gasteiger partial charge in [0.25, 0.3) is 10.0 Å². The fraction of sp³-hybridized carbons (Fsp3) is 0.321. The van der Waals surface area contributed by atoms with Crippen LogP contribution in [0.5, 0.6) is 5.75 Å². The van der Waals surface area contributed by atoms with Crippen molar-refractivity contribution < 1.29 is 17.9 Å². The Kier molecular flexibility index (Phi) is 8.93. The second-order valence-corrected chi connectivity index (χ2v) is 10.7. The molecular weight excluding hydrogens is 460 g/mol. The van der Waals surface area contributed by atoms with Crippen molar-refractivity contribution in [2.24, 2.45) is 0 Å². The van der Waals surface area contributed by atoms with Crippen molar-refractivity contribution >= 4 is 21.6 Å². The van der Waals surface area contributed by atoms with Gasteiger partial charge in [-0.3, -0.25) is 9.10 Å². The molecule has 0 heterocycles. The first-order valence-electron chi connectivity index (χ1n) is 11.8. The van der Waals surface area contributed by atoms with Crippen molar-refractivity contribution in [2.45, 2.75) is 51.5 Å². The summed E-state index contributed by atoms with van der Waals surface area (Å²) in [5.74, 6) is 0.494. The number of nitrogens with one attached hydrogen (secondary N) is 1. The number of ether oxygens (including phenoxy) is 1. The number of carbonyl (C=O) groups excluding carboxylic acids is 1. The normalized spacial score (nSPS) is 11.3. The van der Waals surface area contributed by atoms with Crippen molar-refractivity contribution in [3.63, 3.8) is 0 Å². The monoisotopic (exact) mass is 494 g/mol. The number of aryl methyl sites for hydroxylation is 3. The molecule has 0 saturated heterocycles. The number of hydrogen-bond acceptors (Lipinski definition) is 4. The number of amides is 1. The molecule has 0 atom stereocenters. The average molecular weight is 495 g/mol. The van der Waals surface area contributed by atoms with E-state index in [1.165, 1.54) is 4.31 Å². The Bertz CT molecular complexity index is 1220. The Balaban J connectivity index is 1.65. The first-order chi connectivity index (χ1) is 16.7. The van der Waals surface area contributed by atoms with E-state index in [9.17, 15) is 13.2 Å². The zero-order valence-electron chi connectivity index (χ0n) is 20.8. The van der Waals surface area contributed by atoms with Crippen molar-refractivity contribution in [3.8, 4) is 5.75 Å². The van der Waals surface area contributed by atoms with Crippen LogP contribution in [0.25, 0.3) is 0 Å². The summed E-state index contributed by atoms with van der Waals surface area (Å²) in [4.78, 5) is 13.0. The number of hydrogen-bond donors (Lipinski definition) is 1. The van der Waals surface area contributed by atoms with Crippen molar-refractivity contribution in [1.29, 1.82) is 0 Å². The summed E-state index contributed by atoms with van der Waals surface area (Å²) in [6.07, 6.45) is 1.67. The molecule has 3 aromatic carbocycles. The minimum atomic E-state index is -3.91. The van der Waals surface area contributed by atoms with Crippen LogP contribution in [-0.2, 0) is 21.2 Å². The van der Waals surface area contributed by atoms with E-state index >= 15 is 0 Å². The first kappa shape index (κ1) is 26.3. The SMILES string of the molecule is Cc1ccc(N(CC(=O)NCCCc2ccc(OC(C)C)cc2)S(=O)(=O)c2ccccc2)c(C)c1. The zero-order valence-corrected chi connectivity index (χ0v) is 21.6. The maximum Gasteiger partial charge on any atom is 0.264 e. The molecule has 0 aliphatic rings. The maximum atomic E-state index is 13.5. The molecule has 0 spiro atoms. The van der Waals surface area contributed by atoms with E-state index in [-0.39, 0.29) is 23.5 Å². The van der Waals surface area contributed by atoms with E-state index in [1.807, 2.05) is 64.1 Å². The van der Waals surface area contributed by atoms with Gasteiger partial charge >= 0.3 is 0 Å². The molecule has 0 aliphatic heterocycles. The molecule has 3 rings (SSSR count). The summed E-state index contributed by atoms with van der Waals surface area (Å²) >= 11 is 0. The predicted molar refractivity (Wildman–Crippen MR) is 140 cm³/mol. The lowest BCUT2D eigenvalue weighted by Gasteiger charge is -2.26. The van der Waals surface area contributed by atoms with Gasteiger partial charge in [-0.15, -0.1) is 0 Å². The van der Waals surface area contributed by atoms with Gasteiger partial charge in [0.15, 0.2) is 0 Å². The molecule has 35 heavy (non-hydrogen) atoms. The molecule has 0 bridgehead atoms. The van der Waals surface area contributed by atoms with Gasteiger partial charge in [-0.2, -0.15) is 0 Å². The van der Waals surface area contributed by atoms with Crippen LogP contribution in [0.3, 0.4) is 0 Å². The highest BCUT2D eigenvalue weighted by Crippen LogP contribution is 2.27. The fourth-order valence-corrected chi connectivity index (χ4v) is 5.32. The van der Waals surface area contributed by atoms with E-state index in [4.69, 9.17) is 4.74 Å². The largest absolute Gasteiger partial charge is 0.491 e. The Labute approximate surface area is 209 Å². The summed E-state index contributed by atoms with van der Waals surface area (Å²) in [7, 11) is -3.91. The summed E-state index contributed by atoms with van der Waals surface area (Å²) in [5, 5.41) is 2.88. The maximum absolute atomic E-state index is 13.5. The molecule has 1 amide bonds. The van der Waals surface area contributed by atoms with Crippen LogP contribution in [-0.4, -0.2) is 33.5 Å². The third kappa shape index (κ3) is 7.33. The summed E-state index contributed by atoms with van der Waals surface area (Å²) in [6, 6.07) is 21.7. The van der Waals surface area contributed by atoms with Gasteiger partial charge < -0.3 is 10.1 Å². The van der Waals surface area contributed by atoms with Gasteiger partial charge in [-0.25, -0.2) is 8.42 Å². The van der Waals surface area contributed by atoms with Gasteiger partial charge in [0, 0.05) is 6.54 Å². The van der Waals surface area contributed by atoms with Gasteiger partial charge in [-0.05, 0) is 82.0 Å². The van der Waals surface area contributed by atoms with E-state index < -0.39 is 10.0 Å². The molecule has 186 valence electrons. The lowest BCUT2D eigenvalue weighted by atomic mass is 10.1. The number of benzene rings is 3. The van der Waals surface area contributed by atoms with Crippen LogP contribution in [0, 0.1) is 13.8 Å². The molecule has 0 saturated carbocycles. The standard InChI is InChI=1S/C28H34N2O4S/c1-21(2)34-25-15-13-24(14-16-25)9-8-18-29-28(31)20-30(27-17-12-22(3)19-23(27)4)35(32,33)26-10-6-5-7-11-26/h5-7,10-17,19,21H,8-9,18,20H2,1-4H3,(H,29,31). The molecule has 0 unspecified atom stereocenters. The highest BCUT2D eigenvalue weighted by Gasteiger charge is 2.28. The van der Waals surface area contributed by atoms with Gasteiger partial charge in [0.05, 0.1) is 16.7 Å². The Morgan fingerprint density at radius 1 is 0.971 bits per heavy atom. The number of carbonyl (C=O) groups is 1. The zero-order chi connectivity index (χ0) is 25.4. The third-order valence-corrected chi connectivity index (χ3v) is 7.27. The van der Waals surface area contributed by atoms with E-state index in [0.717, 1.165) is 35.3 Å². The van der Waals surface area contributed by atoms with Crippen LogP contribution < -0.4 is 14.4 Å². The lowest BCUT2D eigenvalue weighted by Crippen LogP contribution is -2.41. The Morgan fingerprint density at radius 3 is 2.29 bits per heavy atom. The van der Waals surface area contributed by atoms with Crippen LogP contribution in [0.15, 0.2) is 77.7 Å². The Hall–Kier alpha value is -3.32. The highest BCUT2D eigenvalue weighted by atomic mass is 32.2. The number of anilines is 1. The van der Waals surface area contributed by atoms with Crippen LogP contribution in [0.4, 0.5) is 5.69 Å². The topological polar surface area (TPSA) is 75.7 Å². The van der Waals surface area contributed by atoms with E-state index in [1.54, 1.807) is 36.4 Å². The van der Waals surface area contributed by atoms with Crippen LogP contribution in [0.1, 0.15) is 37.0 Å². The summed E-state index contributed by atoms with van der Waals surface area (Å²) in [6.45, 7) is 7.94. The Morgan fingerprint density at radius 2 is 1.66 bits per heavy atom. The molecule has 1 N–H and O–H groups in total. The molecule has 0 fully saturated rings. The number of nitrogens with zero attached hydrogens (tertiary/aromatic N) is 1. The molecular formula is C28H34N2O4S. The minimum Gasteiger partial charge on any atom is -0.491 e. The predicted octanol–water partition coefficient (Wildman–Crippen LogP) is 5.03. The second kappa shape index (κ2) is 11.9. The van der Waals surface area contributed by atoms with Crippen molar-refractivity contribution in [1.82, 2.24) is 5.32 Å².